The lowest BCUT2D eigenvalue weighted by molar-refractivity contribution is -0.131. The highest BCUT2D eigenvalue weighted by atomic mass is 16.5. The second-order valence-electron chi connectivity index (χ2n) is 7.29. The molecule has 30 heavy (non-hydrogen) atoms. The van der Waals surface area contributed by atoms with Gasteiger partial charge in [-0.15, -0.1) is 0 Å². The molecule has 2 amide bonds. The molecular formula is C23H28N4O3. The Kier molecular flexibility index (Phi) is 6.72. The van der Waals surface area contributed by atoms with Crippen LogP contribution in [0.1, 0.15) is 38.1 Å². The number of amides is 2. The van der Waals surface area contributed by atoms with Crippen molar-refractivity contribution >= 4 is 28.4 Å². The van der Waals surface area contributed by atoms with E-state index in [1.165, 1.54) is 6.20 Å². The molecule has 0 radical (unpaired) electrons. The van der Waals surface area contributed by atoms with E-state index in [1.54, 1.807) is 12.1 Å². The number of benzene rings is 1. The average Bonchev–Trinajstić information content (AvgIpc) is 3.11. The van der Waals surface area contributed by atoms with E-state index in [1.807, 2.05) is 67.6 Å². The summed E-state index contributed by atoms with van der Waals surface area (Å²) in [5.74, 6) is 0.338. The molecule has 0 spiro atoms. The number of hydrogen-bond acceptors (Lipinski definition) is 4. The van der Waals surface area contributed by atoms with Gasteiger partial charge in [0.25, 0.3) is 5.91 Å². The summed E-state index contributed by atoms with van der Waals surface area (Å²) in [6.45, 7) is 9.49. The van der Waals surface area contributed by atoms with Crippen LogP contribution in [0.25, 0.3) is 10.9 Å². The smallest absolute Gasteiger partial charge is 0.257 e. The van der Waals surface area contributed by atoms with Crippen molar-refractivity contribution in [1.29, 1.82) is 0 Å². The maximum absolute atomic E-state index is 12.5. The number of nitrogens with one attached hydrogen (secondary N) is 1. The van der Waals surface area contributed by atoms with E-state index in [2.05, 4.69) is 10.3 Å². The van der Waals surface area contributed by atoms with Crippen LogP contribution in [0.3, 0.4) is 0 Å². The van der Waals surface area contributed by atoms with Gasteiger partial charge in [-0.2, -0.15) is 0 Å². The molecule has 0 aliphatic rings. The van der Waals surface area contributed by atoms with Crippen molar-refractivity contribution < 1.29 is 14.3 Å². The van der Waals surface area contributed by atoms with Crippen LogP contribution in [-0.2, 0) is 11.3 Å². The molecule has 1 aromatic carbocycles. The molecule has 158 valence electrons. The van der Waals surface area contributed by atoms with Crippen LogP contribution in [0.4, 0.5) is 5.69 Å². The van der Waals surface area contributed by atoms with E-state index in [-0.39, 0.29) is 17.9 Å². The Labute approximate surface area is 176 Å². The minimum absolute atomic E-state index is 0.0264. The van der Waals surface area contributed by atoms with Gasteiger partial charge in [0.1, 0.15) is 6.54 Å². The third-order valence-electron chi connectivity index (χ3n) is 4.81. The normalized spacial score (nSPS) is 11.0. The van der Waals surface area contributed by atoms with Gasteiger partial charge in [0.05, 0.1) is 11.7 Å². The Bertz CT molecular complexity index is 1020. The number of carbonyl (C=O) groups is 2. The number of ether oxygens (including phenoxy) is 1. The molecule has 0 saturated heterocycles. The fourth-order valence-corrected chi connectivity index (χ4v) is 3.27. The van der Waals surface area contributed by atoms with E-state index in [9.17, 15) is 9.59 Å². The fraction of sp³-hybridized carbons (Fsp3) is 0.348. The van der Waals surface area contributed by atoms with Gasteiger partial charge in [-0.3, -0.25) is 9.59 Å². The van der Waals surface area contributed by atoms with Crippen molar-refractivity contribution in [2.45, 2.75) is 40.3 Å². The first-order chi connectivity index (χ1) is 14.4. The standard InChI is InChI=1S/C23H28N4O3/c1-5-26(6-2)22(28)15-27-12-11-17-13-19(8-9-20(17)27)25-23(29)18-7-10-21(24-14-18)30-16(3)4/h7-14,16H,5-6,15H2,1-4H3,(H,25,29). The van der Waals surface area contributed by atoms with Crippen LogP contribution >= 0.6 is 0 Å². The van der Waals surface area contributed by atoms with Gasteiger partial charge >= 0.3 is 0 Å². The van der Waals surface area contributed by atoms with Crippen LogP contribution in [0.2, 0.25) is 0 Å². The molecule has 0 unspecified atom stereocenters. The third-order valence-corrected chi connectivity index (χ3v) is 4.81. The number of anilines is 1. The molecule has 0 aliphatic carbocycles. The highest BCUT2D eigenvalue weighted by molar-refractivity contribution is 6.05. The van der Waals surface area contributed by atoms with Gasteiger partial charge in [-0.1, -0.05) is 0 Å². The van der Waals surface area contributed by atoms with Crippen LogP contribution in [0.5, 0.6) is 5.88 Å². The summed E-state index contributed by atoms with van der Waals surface area (Å²) in [5, 5.41) is 3.85. The molecular weight excluding hydrogens is 380 g/mol. The Morgan fingerprint density at radius 2 is 1.90 bits per heavy atom. The SMILES string of the molecule is CCN(CC)C(=O)Cn1ccc2cc(NC(=O)c3ccc(OC(C)C)nc3)ccc21. The van der Waals surface area contributed by atoms with Crippen molar-refractivity contribution in [3.63, 3.8) is 0 Å². The zero-order chi connectivity index (χ0) is 21.7. The van der Waals surface area contributed by atoms with Crippen molar-refractivity contribution in [2.75, 3.05) is 18.4 Å². The predicted octanol–water partition coefficient (Wildman–Crippen LogP) is 3.94. The molecule has 7 heteroatoms. The summed E-state index contributed by atoms with van der Waals surface area (Å²) >= 11 is 0. The Morgan fingerprint density at radius 1 is 1.13 bits per heavy atom. The van der Waals surface area contributed by atoms with E-state index in [4.69, 9.17) is 4.74 Å². The molecule has 3 aromatic rings. The number of aromatic nitrogens is 2. The maximum atomic E-state index is 12.5. The second-order valence-corrected chi connectivity index (χ2v) is 7.29. The number of rotatable bonds is 8. The molecule has 2 aromatic heterocycles. The van der Waals surface area contributed by atoms with Gasteiger partial charge in [0, 0.05) is 48.1 Å². The second kappa shape index (κ2) is 9.43. The molecule has 7 nitrogen and oxygen atoms in total. The predicted molar refractivity (Wildman–Crippen MR) is 118 cm³/mol. The molecule has 0 atom stereocenters. The lowest BCUT2D eigenvalue weighted by atomic mass is 10.2. The highest BCUT2D eigenvalue weighted by Gasteiger charge is 2.13. The van der Waals surface area contributed by atoms with Crippen LogP contribution in [0.15, 0.2) is 48.8 Å². The summed E-state index contributed by atoms with van der Waals surface area (Å²) in [5.41, 5.74) is 2.08. The van der Waals surface area contributed by atoms with Gasteiger partial charge in [0.2, 0.25) is 11.8 Å². The average molecular weight is 409 g/mol. The monoisotopic (exact) mass is 408 g/mol. The quantitative estimate of drug-likeness (QED) is 0.612. The molecule has 3 rings (SSSR count). The number of carbonyl (C=O) groups excluding carboxylic acids is 2. The zero-order valence-electron chi connectivity index (χ0n) is 17.9. The highest BCUT2D eigenvalue weighted by Crippen LogP contribution is 2.21. The van der Waals surface area contributed by atoms with Gasteiger partial charge in [0.15, 0.2) is 0 Å². The van der Waals surface area contributed by atoms with Crippen molar-refractivity contribution in [3.05, 3.63) is 54.4 Å². The van der Waals surface area contributed by atoms with Crippen LogP contribution in [-0.4, -0.2) is 45.5 Å². The summed E-state index contributed by atoms with van der Waals surface area (Å²) in [4.78, 5) is 30.9. The summed E-state index contributed by atoms with van der Waals surface area (Å²) in [7, 11) is 0. The minimum Gasteiger partial charge on any atom is -0.475 e. The summed E-state index contributed by atoms with van der Waals surface area (Å²) < 4.78 is 7.43. The number of fused-ring (bicyclic) bond motifs is 1. The zero-order valence-corrected chi connectivity index (χ0v) is 17.9. The van der Waals surface area contributed by atoms with Crippen molar-refractivity contribution in [1.82, 2.24) is 14.5 Å². The van der Waals surface area contributed by atoms with E-state index < -0.39 is 0 Å². The number of hydrogen-bond donors (Lipinski definition) is 1. The first-order valence-electron chi connectivity index (χ1n) is 10.2. The number of nitrogens with zero attached hydrogens (tertiary/aromatic N) is 3. The maximum Gasteiger partial charge on any atom is 0.257 e. The molecule has 1 N–H and O–H groups in total. The Balaban J connectivity index is 1.70. The van der Waals surface area contributed by atoms with Crippen molar-refractivity contribution in [3.8, 4) is 5.88 Å². The summed E-state index contributed by atoms with van der Waals surface area (Å²) in [6.07, 6.45) is 3.43. The van der Waals surface area contributed by atoms with Crippen LogP contribution < -0.4 is 10.1 Å². The number of likely N-dealkylation sites (N-methyl/N-ethyl adjacent to an activating group) is 1. The molecule has 0 fully saturated rings. The number of pyridine rings is 1. The van der Waals surface area contributed by atoms with Gasteiger partial charge in [-0.25, -0.2) is 4.98 Å². The minimum atomic E-state index is -0.242. The summed E-state index contributed by atoms with van der Waals surface area (Å²) in [6, 6.07) is 11.0. The van der Waals surface area contributed by atoms with E-state index >= 15 is 0 Å². The van der Waals surface area contributed by atoms with Crippen molar-refractivity contribution in [2.24, 2.45) is 0 Å². The first-order valence-corrected chi connectivity index (χ1v) is 10.2. The van der Waals surface area contributed by atoms with E-state index in [0.29, 0.717) is 36.8 Å². The van der Waals surface area contributed by atoms with Crippen LogP contribution in [0, 0.1) is 0 Å². The van der Waals surface area contributed by atoms with E-state index in [0.717, 1.165) is 10.9 Å². The van der Waals surface area contributed by atoms with Gasteiger partial charge < -0.3 is 19.5 Å². The Morgan fingerprint density at radius 3 is 2.53 bits per heavy atom. The third kappa shape index (κ3) is 4.97. The first kappa shape index (κ1) is 21.4. The topological polar surface area (TPSA) is 76.5 Å². The lowest BCUT2D eigenvalue weighted by Gasteiger charge is -2.19. The van der Waals surface area contributed by atoms with Gasteiger partial charge in [-0.05, 0) is 58.0 Å². The Hall–Kier alpha value is -3.35. The molecule has 2 heterocycles. The molecule has 0 aliphatic heterocycles. The molecule has 0 bridgehead atoms. The molecule has 0 saturated carbocycles. The largest absolute Gasteiger partial charge is 0.475 e. The lowest BCUT2D eigenvalue weighted by Crippen LogP contribution is -2.33. The fourth-order valence-electron chi connectivity index (χ4n) is 3.27.